The molecule has 1 aromatic rings. The molecule has 1 aliphatic rings. The molecule has 0 spiro atoms. The summed E-state index contributed by atoms with van der Waals surface area (Å²) < 4.78 is 10.9. The van der Waals surface area contributed by atoms with Crippen molar-refractivity contribution in [3.63, 3.8) is 0 Å². The second-order valence-electron chi connectivity index (χ2n) is 4.86. The Balaban J connectivity index is 1.99. The first-order chi connectivity index (χ1) is 9.72. The van der Waals surface area contributed by atoms with E-state index in [2.05, 4.69) is 0 Å². The second kappa shape index (κ2) is 7.43. The van der Waals surface area contributed by atoms with Crippen LogP contribution in [0.1, 0.15) is 12.8 Å². The summed E-state index contributed by atoms with van der Waals surface area (Å²) in [6.07, 6.45) is 1.91. The van der Waals surface area contributed by atoms with Crippen LogP contribution in [0.4, 0.5) is 0 Å². The van der Waals surface area contributed by atoms with Crippen molar-refractivity contribution in [1.82, 2.24) is 0 Å². The van der Waals surface area contributed by atoms with Crippen molar-refractivity contribution in [2.45, 2.75) is 12.8 Å². The second-order valence-corrected chi connectivity index (χ2v) is 6.08. The topological polar surface area (TPSA) is 55.8 Å². The van der Waals surface area contributed by atoms with Crippen LogP contribution in [0.15, 0.2) is 24.3 Å². The van der Waals surface area contributed by atoms with Crippen molar-refractivity contribution in [2.75, 3.05) is 25.2 Å². The van der Waals surface area contributed by atoms with Crippen LogP contribution in [0.3, 0.4) is 0 Å². The fourth-order valence-electron chi connectivity index (χ4n) is 2.44. The first kappa shape index (κ1) is 15.0. The maximum atomic E-state index is 11.5. The molecule has 0 aliphatic carbocycles. The zero-order chi connectivity index (χ0) is 14.4. The van der Waals surface area contributed by atoms with Gasteiger partial charge in [0.15, 0.2) is 11.5 Å². The third kappa shape index (κ3) is 3.82. The molecule has 1 atom stereocenters. The van der Waals surface area contributed by atoms with E-state index in [0.29, 0.717) is 11.5 Å². The fourth-order valence-corrected chi connectivity index (χ4v) is 3.59. The molecule has 0 radical (unpaired) electrons. The zero-order valence-electron chi connectivity index (χ0n) is 11.6. The summed E-state index contributed by atoms with van der Waals surface area (Å²) in [5.74, 6) is 2.33. The molecule has 0 bridgehead atoms. The lowest BCUT2D eigenvalue weighted by atomic mass is 9.88. The minimum absolute atomic E-state index is 0.199. The van der Waals surface area contributed by atoms with Gasteiger partial charge < -0.3 is 14.6 Å². The zero-order valence-corrected chi connectivity index (χ0v) is 12.4. The predicted octanol–water partition coefficient (Wildman–Crippen LogP) is 2.92. The average Bonchev–Trinajstić information content (AvgIpc) is 2.48. The fraction of sp³-hybridized carbons (Fsp3) is 0.533. The van der Waals surface area contributed by atoms with Crippen molar-refractivity contribution in [2.24, 2.45) is 11.8 Å². The molecule has 0 aromatic heterocycles. The molecular formula is C15H20O4S. The third-order valence-corrected chi connectivity index (χ3v) is 4.69. The largest absolute Gasteiger partial charge is 0.493 e. The van der Waals surface area contributed by atoms with E-state index in [1.54, 1.807) is 13.2 Å². The number of methoxy groups -OCH3 is 1. The quantitative estimate of drug-likeness (QED) is 0.874. The van der Waals surface area contributed by atoms with Crippen LogP contribution in [0.2, 0.25) is 0 Å². The molecule has 1 unspecified atom stereocenters. The molecule has 4 nitrogen and oxygen atoms in total. The number of ether oxygens (including phenoxy) is 2. The molecule has 1 aromatic carbocycles. The van der Waals surface area contributed by atoms with Crippen LogP contribution in [0, 0.1) is 11.8 Å². The summed E-state index contributed by atoms with van der Waals surface area (Å²) in [5, 5.41) is 9.41. The standard InChI is InChI=1S/C15H20O4S/c1-18-13-4-2-3-5-14(13)19-10-12(15(16)17)11-6-8-20-9-7-11/h2-5,11-12H,6-10H2,1H3,(H,16,17). The highest BCUT2D eigenvalue weighted by molar-refractivity contribution is 7.99. The van der Waals surface area contributed by atoms with Crippen molar-refractivity contribution in [3.8, 4) is 11.5 Å². The van der Waals surface area contributed by atoms with Crippen LogP contribution in [0.25, 0.3) is 0 Å². The minimum atomic E-state index is -0.767. The number of para-hydroxylation sites is 2. The number of benzene rings is 1. The van der Waals surface area contributed by atoms with Gasteiger partial charge in [0.1, 0.15) is 6.61 Å². The number of rotatable bonds is 6. The first-order valence-corrected chi connectivity index (χ1v) is 7.94. The molecule has 1 fully saturated rings. The van der Waals surface area contributed by atoms with Gasteiger partial charge in [0.2, 0.25) is 0 Å². The lowest BCUT2D eigenvalue weighted by molar-refractivity contribution is -0.145. The number of hydrogen-bond donors (Lipinski definition) is 1. The molecule has 1 aliphatic heterocycles. The SMILES string of the molecule is COc1ccccc1OCC(C(=O)O)C1CCSCC1. The number of aliphatic carboxylic acids is 1. The third-order valence-electron chi connectivity index (χ3n) is 3.64. The van der Waals surface area contributed by atoms with Gasteiger partial charge in [-0.2, -0.15) is 11.8 Å². The van der Waals surface area contributed by atoms with Crippen LogP contribution in [0.5, 0.6) is 11.5 Å². The smallest absolute Gasteiger partial charge is 0.310 e. The molecule has 110 valence electrons. The van der Waals surface area contributed by atoms with Crippen molar-refractivity contribution < 1.29 is 19.4 Å². The van der Waals surface area contributed by atoms with Gasteiger partial charge in [0.05, 0.1) is 13.0 Å². The van der Waals surface area contributed by atoms with Gasteiger partial charge in [-0.1, -0.05) is 12.1 Å². The summed E-state index contributed by atoms with van der Waals surface area (Å²) >= 11 is 1.89. The van der Waals surface area contributed by atoms with E-state index in [1.165, 1.54) is 0 Å². The maximum absolute atomic E-state index is 11.5. The Morgan fingerprint density at radius 3 is 2.60 bits per heavy atom. The number of hydrogen-bond acceptors (Lipinski definition) is 4. The molecule has 20 heavy (non-hydrogen) atoms. The van der Waals surface area contributed by atoms with Crippen LogP contribution in [-0.4, -0.2) is 36.3 Å². The lowest BCUT2D eigenvalue weighted by Gasteiger charge is -2.27. The Hall–Kier alpha value is -1.36. The van der Waals surface area contributed by atoms with Crippen molar-refractivity contribution in [1.29, 1.82) is 0 Å². The summed E-state index contributed by atoms with van der Waals surface area (Å²) in [5.41, 5.74) is 0. The van der Waals surface area contributed by atoms with Gasteiger partial charge in [-0.25, -0.2) is 0 Å². The maximum Gasteiger partial charge on any atom is 0.310 e. The average molecular weight is 296 g/mol. The number of thioether (sulfide) groups is 1. The van der Waals surface area contributed by atoms with Crippen molar-refractivity contribution >= 4 is 17.7 Å². The Morgan fingerprint density at radius 1 is 1.35 bits per heavy atom. The van der Waals surface area contributed by atoms with Crippen LogP contribution < -0.4 is 9.47 Å². The molecule has 0 saturated carbocycles. The van der Waals surface area contributed by atoms with E-state index in [0.717, 1.165) is 24.3 Å². The van der Waals surface area contributed by atoms with Gasteiger partial charge in [-0.05, 0) is 42.4 Å². The lowest BCUT2D eigenvalue weighted by Crippen LogP contribution is -2.31. The van der Waals surface area contributed by atoms with E-state index in [9.17, 15) is 9.90 Å². The number of carboxylic acid groups (broad SMARTS) is 1. The van der Waals surface area contributed by atoms with E-state index in [-0.39, 0.29) is 12.5 Å². The molecule has 5 heteroatoms. The normalized spacial score (nSPS) is 17.4. The highest BCUT2D eigenvalue weighted by Crippen LogP contribution is 2.31. The van der Waals surface area contributed by atoms with Gasteiger partial charge in [-0.3, -0.25) is 4.79 Å². The Bertz CT molecular complexity index is 443. The summed E-state index contributed by atoms with van der Waals surface area (Å²) in [6, 6.07) is 7.32. The van der Waals surface area contributed by atoms with Crippen LogP contribution in [-0.2, 0) is 4.79 Å². The summed E-state index contributed by atoms with van der Waals surface area (Å²) in [4.78, 5) is 11.5. The summed E-state index contributed by atoms with van der Waals surface area (Å²) in [6.45, 7) is 0.199. The van der Waals surface area contributed by atoms with E-state index in [1.807, 2.05) is 30.0 Å². The Kier molecular flexibility index (Phi) is 5.59. The molecule has 0 amide bonds. The van der Waals surface area contributed by atoms with E-state index >= 15 is 0 Å². The monoisotopic (exact) mass is 296 g/mol. The minimum Gasteiger partial charge on any atom is -0.493 e. The van der Waals surface area contributed by atoms with Crippen LogP contribution >= 0.6 is 11.8 Å². The van der Waals surface area contributed by atoms with Crippen molar-refractivity contribution in [3.05, 3.63) is 24.3 Å². The molecular weight excluding hydrogens is 276 g/mol. The Morgan fingerprint density at radius 2 is 2.00 bits per heavy atom. The molecule has 2 rings (SSSR count). The van der Waals surface area contributed by atoms with Gasteiger partial charge in [0, 0.05) is 0 Å². The van der Waals surface area contributed by atoms with E-state index in [4.69, 9.17) is 9.47 Å². The van der Waals surface area contributed by atoms with Gasteiger partial charge in [-0.15, -0.1) is 0 Å². The molecule has 1 N–H and O–H groups in total. The Labute approximate surface area is 123 Å². The highest BCUT2D eigenvalue weighted by atomic mass is 32.2. The van der Waals surface area contributed by atoms with E-state index < -0.39 is 11.9 Å². The number of carboxylic acids is 1. The summed E-state index contributed by atoms with van der Waals surface area (Å²) in [7, 11) is 1.58. The highest BCUT2D eigenvalue weighted by Gasteiger charge is 2.30. The number of carbonyl (C=O) groups is 1. The predicted molar refractivity (Wildman–Crippen MR) is 79.7 cm³/mol. The van der Waals surface area contributed by atoms with Gasteiger partial charge in [0.25, 0.3) is 0 Å². The molecule has 1 heterocycles. The first-order valence-electron chi connectivity index (χ1n) is 6.78. The van der Waals surface area contributed by atoms with Gasteiger partial charge >= 0.3 is 5.97 Å². The molecule has 1 saturated heterocycles.